The maximum absolute atomic E-state index is 5.87. The Morgan fingerprint density at radius 2 is 2.09 bits per heavy atom. The van der Waals surface area contributed by atoms with Crippen LogP contribution in [0.25, 0.3) is 0 Å². The number of ether oxygens (including phenoxy) is 2. The van der Waals surface area contributed by atoms with Crippen molar-refractivity contribution in [3.05, 3.63) is 47.4 Å². The average Bonchev–Trinajstić information content (AvgIpc) is 2.55. The molecule has 0 bridgehead atoms. The fourth-order valence-corrected chi connectivity index (χ4v) is 2.79. The zero-order valence-electron chi connectivity index (χ0n) is 13.5. The van der Waals surface area contributed by atoms with Crippen molar-refractivity contribution in [3.63, 3.8) is 0 Å². The molecule has 1 aromatic heterocycles. The van der Waals surface area contributed by atoms with Gasteiger partial charge in [-0.1, -0.05) is 12.1 Å². The van der Waals surface area contributed by atoms with E-state index in [1.165, 1.54) is 5.56 Å². The molecule has 1 aliphatic rings. The second kappa shape index (κ2) is 6.93. The van der Waals surface area contributed by atoms with E-state index in [1.807, 2.05) is 19.1 Å². The number of hydrogen-bond acceptors (Lipinski definition) is 6. The molecule has 122 valence electrons. The molecule has 0 aliphatic carbocycles. The molecule has 1 aliphatic heterocycles. The maximum atomic E-state index is 5.87. The van der Waals surface area contributed by atoms with Crippen molar-refractivity contribution in [1.82, 2.24) is 14.9 Å². The number of nitrogens with two attached hydrogens (primary N) is 1. The number of morpholine rings is 1. The SMILES string of the molecule is COc1ccc(CN2CCOC(c3cc(N)nc(C)n3)C2)cc1. The van der Waals surface area contributed by atoms with Gasteiger partial charge in [0.2, 0.25) is 0 Å². The van der Waals surface area contributed by atoms with Gasteiger partial charge in [0.25, 0.3) is 0 Å². The summed E-state index contributed by atoms with van der Waals surface area (Å²) in [4.78, 5) is 10.9. The van der Waals surface area contributed by atoms with E-state index >= 15 is 0 Å². The van der Waals surface area contributed by atoms with Gasteiger partial charge in [-0.3, -0.25) is 4.90 Å². The van der Waals surface area contributed by atoms with Crippen LogP contribution in [0.4, 0.5) is 5.82 Å². The van der Waals surface area contributed by atoms with Crippen LogP contribution in [0, 0.1) is 6.92 Å². The van der Waals surface area contributed by atoms with Gasteiger partial charge >= 0.3 is 0 Å². The van der Waals surface area contributed by atoms with E-state index in [-0.39, 0.29) is 6.10 Å². The van der Waals surface area contributed by atoms with Crippen molar-refractivity contribution < 1.29 is 9.47 Å². The maximum Gasteiger partial charge on any atom is 0.128 e. The standard InChI is InChI=1S/C17H22N4O2/c1-12-19-15(9-17(18)20-12)16-11-21(7-8-23-16)10-13-3-5-14(22-2)6-4-13/h3-6,9,16H,7-8,10-11H2,1-2H3,(H2,18,19,20). The summed E-state index contributed by atoms with van der Waals surface area (Å²) in [5.74, 6) is 2.04. The van der Waals surface area contributed by atoms with E-state index in [9.17, 15) is 0 Å². The highest BCUT2D eigenvalue weighted by atomic mass is 16.5. The molecule has 1 atom stereocenters. The van der Waals surface area contributed by atoms with Crippen molar-refractivity contribution in [3.8, 4) is 5.75 Å². The van der Waals surface area contributed by atoms with Gasteiger partial charge in [0.05, 0.1) is 19.4 Å². The quantitative estimate of drug-likeness (QED) is 0.930. The summed E-state index contributed by atoms with van der Waals surface area (Å²) >= 11 is 0. The van der Waals surface area contributed by atoms with Gasteiger partial charge in [-0.25, -0.2) is 9.97 Å². The van der Waals surface area contributed by atoms with Crippen molar-refractivity contribution in [2.24, 2.45) is 0 Å². The second-order valence-electron chi connectivity index (χ2n) is 5.71. The number of aromatic nitrogens is 2. The Bertz CT molecular complexity index is 640. The van der Waals surface area contributed by atoms with Gasteiger partial charge in [-0.05, 0) is 24.6 Å². The van der Waals surface area contributed by atoms with Crippen LogP contribution < -0.4 is 10.5 Å². The summed E-state index contributed by atoms with van der Waals surface area (Å²) in [5.41, 5.74) is 7.93. The van der Waals surface area contributed by atoms with Gasteiger partial charge in [-0.15, -0.1) is 0 Å². The number of methoxy groups -OCH3 is 1. The van der Waals surface area contributed by atoms with Crippen molar-refractivity contribution in [2.45, 2.75) is 19.6 Å². The molecule has 6 heteroatoms. The molecular formula is C17H22N4O2. The molecule has 1 saturated heterocycles. The van der Waals surface area contributed by atoms with Crippen LogP contribution in [-0.2, 0) is 11.3 Å². The Kier molecular flexibility index (Phi) is 4.73. The Labute approximate surface area is 136 Å². The topological polar surface area (TPSA) is 73.5 Å². The smallest absolute Gasteiger partial charge is 0.128 e. The normalized spacial score (nSPS) is 18.8. The molecule has 2 N–H and O–H groups in total. The summed E-state index contributed by atoms with van der Waals surface area (Å²) < 4.78 is 11.1. The minimum atomic E-state index is -0.0639. The van der Waals surface area contributed by atoms with E-state index in [0.29, 0.717) is 18.2 Å². The summed E-state index contributed by atoms with van der Waals surface area (Å²) in [7, 11) is 1.68. The van der Waals surface area contributed by atoms with E-state index in [0.717, 1.165) is 31.1 Å². The zero-order chi connectivity index (χ0) is 16.2. The number of nitrogens with zero attached hydrogens (tertiary/aromatic N) is 3. The van der Waals surface area contributed by atoms with E-state index < -0.39 is 0 Å². The molecule has 1 unspecified atom stereocenters. The minimum Gasteiger partial charge on any atom is -0.497 e. The van der Waals surface area contributed by atoms with Crippen LogP contribution in [0.15, 0.2) is 30.3 Å². The minimum absolute atomic E-state index is 0.0639. The lowest BCUT2D eigenvalue weighted by Gasteiger charge is -2.32. The van der Waals surface area contributed by atoms with Crippen LogP contribution >= 0.6 is 0 Å². The predicted octanol–water partition coefficient (Wildman–Crippen LogP) is 1.95. The van der Waals surface area contributed by atoms with E-state index in [1.54, 1.807) is 13.2 Å². The molecule has 2 heterocycles. The molecule has 0 amide bonds. The van der Waals surface area contributed by atoms with Gasteiger partial charge in [0, 0.05) is 25.7 Å². The third kappa shape index (κ3) is 3.97. The molecule has 3 rings (SSSR count). The van der Waals surface area contributed by atoms with Crippen molar-refractivity contribution in [2.75, 3.05) is 32.5 Å². The number of nitrogen functional groups attached to an aromatic ring is 1. The first-order valence-corrected chi connectivity index (χ1v) is 7.72. The molecule has 1 aromatic carbocycles. The highest BCUT2D eigenvalue weighted by molar-refractivity contribution is 5.31. The molecule has 2 aromatic rings. The Morgan fingerprint density at radius 3 is 2.78 bits per heavy atom. The number of aryl methyl sites for hydroxylation is 1. The average molecular weight is 314 g/mol. The third-order valence-electron chi connectivity index (χ3n) is 3.92. The van der Waals surface area contributed by atoms with Gasteiger partial charge < -0.3 is 15.2 Å². The largest absolute Gasteiger partial charge is 0.497 e. The third-order valence-corrected chi connectivity index (χ3v) is 3.92. The van der Waals surface area contributed by atoms with Crippen LogP contribution in [0.1, 0.15) is 23.2 Å². The highest BCUT2D eigenvalue weighted by Gasteiger charge is 2.23. The molecule has 1 fully saturated rings. The first-order chi connectivity index (χ1) is 11.1. The first-order valence-electron chi connectivity index (χ1n) is 7.72. The molecule has 6 nitrogen and oxygen atoms in total. The fraction of sp³-hybridized carbons (Fsp3) is 0.412. The highest BCUT2D eigenvalue weighted by Crippen LogP contribution is 2.23. The summed E-state index contributed by atoms with van der Waals surface area (Å²) in [5, 5.41) is 0. The Morgan fingerprint density at radius 1 is 1.30 bits per heavy atom. The predicted molar refractivity (Wildman–Crippen MR) is 88.1 cm³/mol. The number of anilines is 1. The molecular weight excluding hydrogens is 292 g/mol. The van der Waals surface area contributed by atoms with Gasteiger partial charge in [0.15, 0.2) is 0 Å². The number of rotatable bonds is 4. The Balaban J connectivity index is 1.67. The van der Waals surface area contributed by atoms with E-state index in [4.69, 9.17) is 15.2 Å². The van der Waals surface area contributed by atoms with Gasteiger partial charge in [0.1, 0.15) is 23.5 Å². The van der Waals surface area contributed by atoms with Crippen LogP contribution in [0.2, 0.25) is 0 Å². The van der Waals surface area contributed by atoms with Gasteiger partial charge in [-0.2, -0.15) is 0 Å². The molecule has 0 saturated carbocycles. The second-order valence-corrected chi connectivity index (χ2v) is 5.71. The number of benzene rings is 1. The van der Waals surface area contributed by atoms with E-state index in [2.05, 4.69) is 27.0 Å². The summed E-state index contributed by atoms with van der Waals surface area (Å²) in [6.07, 6.45) is -0.0639. The number of hydrogen-bond donors (Lipinski definition) is 1. The summed E-state index contributed by atoms with van der Waals surface area (Å²) in [6, 6.07) is 9.96. The summed E-state index contributed by atoms with van der Waals surface area (Å²) in [6.45, 7) is 5.11. The first kappa shape index (κ1) is 15.7. The molecule has 0 radical (unpaired) electrons. The monoisotopic (exact) mass is 314 g/mol. The lowest BCUT2D eigenvalue weighted by atomic mass is 10.1. The molecule has 0 spiro atoms. The van der Waals surface area contributed by atoms with Crippen LogP contribution in [0.3, 0.4) is 0 Å². The van der Waals surface area contributed by atoms with Crippen molar-refractivity contribution >= 4 is 5.82 Å². The van der Waals surface area contributed by atoms with Crippen LogP contribution in [-0.4, -0.2) is 41.7 Å². The molecule has 23 heavy (non-hydrogen) atoms. The van der Waals surface area contributed by atoms with Crippen molar-refractivity contribution in [1.29, 1.82) is 0 Å². The van der Waals surface area contributed by atoms with Crippen LogP contribution in [0.5, 0.6) is 5.75 Å². The lowest BCUT2D eigenvalue weighted by Crippen LogP contribution is -2.38. The fourth-order valence-electron chi connectivity index (χ4n) is 2.79. The lowest BCUT2D eigenvalue weighted by molar-refractivity contribution is -0.0350. The Hall–Kier alpha value is -2.18. The zero-order valence-corrected chi connectivity index (χ0v) is 13.5.